The molecule has 0 atom stereocenters. The van der Waals surface area contributed by atoms with E-state index in [2.05, 4.69) is 10.6 Å². The zero-order valence-electron chi connectivity index (χ0n) is 11.3. The Labute approximate surface area is 120 Å². The maximum absolute atomic E-state index is 13.4. The molecule has 0 aromatic heterocycles. The fourth-order valence-corrected chi connectivity index (χ4v) is 1.78. The van der Waals surface area contributed by atoms with Crippen LogP contribution in [0.4, 0.5) is 19.3 Å². The monoisotopic (exact) mass is 292 g/mol. The quantitative estimate of drug-likeness (QED) is 0.908. The van der Waals surface area contributed by atoms with Crippen molar-refractivity contribution < 1.29 is 18.3 Å². The van der Waals surface area contributed by atoms with Crippen molar-refractivity contribution in [2.24, 2.45) is 0 Å². The van der Waals surface area contributed by atoms with Crippen LogP contribution in [0.1, 0.15) is 5.56 Å². The van der Waals surface area contributed by atoms with E-state index in [1.165, 1.54) is 7.11 Å². The van der Waals surface area contributed by atoms with Gasteiger partial charge in [0, 0.05) is 18.2 Å². The maximum atomic E-state index is 13.4. The number of benzene rings is 2. The number of hydrogen-bond acceptors (Lipinski definition) is 2. The van der Waals surface area contributed by atoms with Crippen LogP contribution in [0.15, 0.2) is 42.5 Å². The highest BCUT2D eigenvalue weighted by molar-refractivity contribution is 5.89. The molecule has 21 heavy (non-hydrogen) atoms. The summed E-state index contributed by atoms with van der Waals surface area (Å²) < 4.78 is 31.3. The first-order valence-electron chi connectivity index (χ1n) is 6.22. The number of carbonyl (C=O) groups excluding carboxylic acids is 1. The molecule has 4 nitrogen and oxygen atoms in total. The fraction of sp³-hybridized carbons (Fsp3) is 0.133. The van der Waals surface area contributed by atoms with Gasteiger partial charge in [-0.05, 0) is 18.2 Å². The summed E-state index contributed by atoms with van der Waals surface area (Å²) in [7, 11) is 1.53. The predicted molar refractivity (Wildman–Crippen MR) is 75.2 cm³/mol. The van der Waals surface area contributed by atoms with Gasteiger partial charge in [-0.3, -0.25) is 0 Å². The number of halogens is 2. The Morgan fingerprint density at radius 3 is 2.67 bits per heavy atom. The van der Waals surface area contributed by atoms with E-state index in [1.54, 1.807) is 12.1 Å². The molecule has 0 fully saturated rings. The third kappa shape index (κ3) is 3.92. The number of methoxy groups -OCH3 is 1. The van der Waals surface area contributed by atoms with Crippen molar-refractivity contribution >= 4 is 11.7 Å². The first-order valence-corrected chi connectivity index (χ1v) is 6.22. The molecule has 0 heterocycles. The van der Waals surface area contributed by atoms with Crippen molar-refractivity contribution in [3.63, 3.8) is 0 Å². The molecule has 6 heteroatoms. The maximum Gasteiger partial charge on any atom is 0.319 e. The van der Waals surface area contributed by atoms with E-state index < -0.39 is 17.7 Å². The minimum Gasteiger partial charge on any atom is -0.496 e. The van der Waals surface area contributed by atoms with E-state index in [-0.39, 0.29) is 12.2 Å². The van der Waals surface area contributed by atoms with Crippen LogP contribution in [0.2, 0.25) is 0 Å². The number of carbonyl (C=O) groups is 1. The molecule has 2 rings (SSSR count). The van der Waals surface area contributed by atoms with Gasteiger partial charge in [0.1, 0.15) is 17.4 Å². The highest BCUT2D eigenvalue weighted by Crippen LogP contribution is 2.17. The van der Waals surface area contributed by atoms with E-state index in [1.807, 2.05) is 12.1 Å². The molecule has 2 aromatic carbocycles. The van der Waals surface area contributed by atoms with Gasteiger partial charge in [0.15, 0.2) is 0 Å². The van der Waals surface area contributed by atoms with Crippen LogP contribution in [-0.2, 0) is 6.54 Å². The average molecular weight is 292 g/mol. The summed E-state index contributed by atoms with van der Waals surface area (Å²) in [5.74, 6) is -0.888. The van der Waals surface area contributed by atoms with Gasteiger partial charge >= 0.3 is 6.03 Å². The molecule has 2 aromatic rings. The lowest BCUT2D eigenvalue weighted by Gasteiger charge is -2.11. The molecule has 0 aliphatic carbocycles. The Morgan fingerprint density at radius 1 is 1.19 bits per heavy atom. The first-order chi connectivity index (χ1) is 10.1. The molecule has 110 valence electrons. The van der Waals surface area contributed by atoms with Gasteiger partial charge in [0.25, 0.3) is 0 Å². The largest absolute Gasteiger partial charge is 0.496 e. The molecule has 0 saturated carbocycles. The van der Waals surface area contributed by atoms with E-state index in [9.17, 15) is 13.6 Å². The molecule has 0 unspecified atom stereocenters. The van der Waals surface area contributed by atoms with Gasteiger partial charge in [-0.25, -0.2) is 13.6 Å². The topological polar surface area (TPSA) is 50.4 Å². The molecule has 0 saturated heterocycles. The molecular weight excluding hydrogens is 278 g/mol. The van der Waals surface area contributed by atoms with Crippen molar-refractivity contribution in [3.8, 4) is 5.75 Å². The van der Waals surface area contributed by atoms with E-state index in [4.69, 9.17) is 4.74 Å². The first kappa shape index (κ1) is 14.8. The lowest BCUT2D eigenvalue weighted by Crippen LogP contribution is -2.28. The van der Waals surface area contributed by atoms with Gasteiger partial charge in [-0.15, -0.1) is 0 Å². The Bertz CT molecular complexity index is 647. The standard InChI is InChI=1S/C15H14F2N2O2/c1-21-14-5-3-2-4-10(14)9-18-15(20)19-13-7-6-11(16)8-12(13)17/h2-8H,9H2,1H3,(H2,18,19,20). The Kier molecular flexibility index (Phi) is 4.71. The van der Waals surface area contributed by atoms with Crippen LogP contribution >= 0.6 is 0 Å². The van der Waals surface area contributed by atoms with Crippen molar-refractivity contribution in [2.45, 2.75) is 6.54 Å². The van der Waals surface area contributed by atoms with Crippen LogP contribution < -0.4 is 15.4 Å². The average Bonchev–Trinajstić information content (AvgIpc) is 2.48. The van der Waals surface area contributed by atoms with Crippen molar-refractivity contribution in [3.05, 3.63) is 59.7 Å². The van der Waals surface area contributed by atoms with Gasteiger partial charge in [-0.1, -0.05) is 18.2 Å². The highest BCUT2D eigenvalue weighted by atomic mass is 19.1. The van der Waals surface area contributed by atoms with Crippen LogP contribution in [0, 0.1) is 11.6 Å². The Morgan fingerprint density at radius 2 is 1.95 bits per heavy atom. The molecule has 2 N–H and O–H groups in total. The molecular formula is C15H14F2N2O2. The van der Waals surface area contributed by atoms with Gasteiger partial charge in [-0.2, -0.15) is 0 Å². The molecule has 0 radical (unpaired) electrons. The number of hydrogen-bond donors (Lipinski definition) is 2. The van der Waals surface area contributed by atoms with Crippen molar-refractivity contribution in [2.75, 3.05) is 12.4 Å². The number of amides is 2. The number of rotatable bonds is 4. The minimum atomic E-state index is -0.831. The highest BCUT2D eigenvalue weighted by Gasteiger charge is 2.08. The number of urea groups is 1. The number of para-hydroxylation sites is 1. The van der Waals surface area contributed by atoms with Gasteiger partial charge < -0.3 is 15.4 Å². The summed E-state index contributed by atoms with van der Waals surface area (Å²) in [6.07, 6.45) is 0. The van der Waals surface area contributed by atoms with Crippen LogP contribution in [-0.4, -0.2) is 13.1 Å². The Hall–Kier alpha value is -2.63. The molecule has 2 amide bonds. The number of nitrogens with one attached hydrogen (secondary N) is 2. The van der Waals surface area contributed by atoms with Crippen molar-refractivity contribution in [1.29, 1.82) is 0 Å². The summed E-state index contributed by atoms with van der Waals surface area (Å²) >= 11 is 0. The second-order valence-corrected chi connectivity index (χ2v) is 4.24. The zero-order chi connectivity index (χ0) is 15.2. The number of anilines is 1. The fourth-order valence-electron chi connectivity index (χ4n) is 1.78. The summed E-state index contributed by atoms with van der Waals surface area (Å²) in [6.45, 7) is 0.221. The molecule has 0 spiro atoms. The second kappa shape index (κ2) is 6.69. The second-order valence-electron chi connectivity index (χ2n) is 4.24. The van der Waals surface area contributed by atoms with E-state index >= 15 is 0 Å². The third-order valence-electron chi connectivity index (χ3n) is 2.81. The molecule has 0 bridgehead atoms. The smallest absolute Gasteiger partial charge is 0.319 e. The third-order valence-corrected chi connectivity index (χ3v) is 2.81. The van der Waals surface area contributed by atoms with Crippen LogP contribution in [0.3, 0.4) is 0 Å². The summed E-state index contributed by atoms with van der Waals surface area (Å²) in [5, 5.41) is 4.89. The molecule has 0 aliphatic heterocycles. The zero-order valence-corrected chi connectivity index (χ0v) is 11.3. The van der Waals surface area contributed by atoms with Crippen LogP contribution in [0.5, 0.6) is 5.75 Å². The normalized spacial score (nSPS) is 10.0. The minimum absolute atomic E-state index is 0.0890. The van der Waals surface area contributed by atoms with Crippen LogP contribution in [0.25, 0.3) is 0 Å². The molecule has 0 aliphatic rings. The summed E-state index contributed by atoms with van der Waals surface area (Å²) in [5.41, 5.74) is 0.698. The number of ether oxygens (including phenoxy) is 1. The van der Waals surface area contributed by atoms with Gasteiger partial charge in [0.05, 0.1) is 12.8 Å². The Balaban J connectivity index is 1.96. The summed E-state index contributed by atoms with van der Waals surface area (Å²) in [6, 6.07) is 9.55. The van der Waals surface area contributed by atoms with Gasteiger partial charge in [0.2, 0.25) is 0 Å². The van der Waals surface area contributed by atoms with E-state index in [0.717, 1.165) is 17.7 Å². The lowest BCUT2D eigenvalue weighted by molar-refractivity contribution is 0.251. The SMILES string of the molecule is COc1ccccc1CNC(=O)Nc1ccc(F)cc1F. The van der Waals surface area contributed by atoms with E-state index in [0.29, 0.717) is 11.8 Å². The van der Waals surface area contributed by atoms with Crippen molar-refractivity contribution in [1.82, 2.24) is 5.32 Å². The summed E-state index contributed by atoms with van der Waals surface area (Å²) in [4.78, 5) is 11.7. The predicted octanol–water partition coefficient (Wildman–Crippen LogP) is 3.30. The lowest BCUT2D eigenvalue weighted by atomic mass is 10.2.